The molecule has 1 aliphatic rings. The van der Waals surface area contributed by atoms with E-state index in [0.29, 0.717) is 17.9 Å². The molecule has 1 fully saturated rings. The highest BCUT2D eigenvalue weighted by molar-refractivity contribution is 8.18. The van der Waals surface area contributed by atoms with E-state index in [9.17, 15) is 14.4 Å². The van der Waals surface area contributed by atoms with Crippen LogP contribution in [0.2, 0.25) is 0 Å². The van der Waals surface area contributed by atoms with Gasteiger partial charge in [0, 0.05) is 5.56 Å². The summed E-state index contributed by atoms with van der Waals surface area (Å²) in [4.78, 5) is 33.7. The number of benzene rings is 1. The van der Waals surface area contributed by atoms with Crippen molar-refractivity contribution in [1.82, 2.24) is 5.32 Å². The molecule has 2 rings (SSSR count). The lowest BCUT2D eigenvalue weighted by Gasteiger charge is -2.13. The van der Waals surface area contributed by atoms with Gasteiger partial charge in [0.15, 0.2) is 18.1 Å². The largest absolute Gasteiger partial charge is 0.490 e. The van der Waals surface area contributed by atoms with Crippen molar-refractivity contribution in [3.63, 3.8) is 0 Å². The van der Waals surface area contributed by atoms with Gasteiger partial charge in [0.05, 0.1) is 11.5 Å². The number of hydrogen-bond donors (Lipinski definition) is 2. The van der Waals surface area contributed by atoms with Gasteiger partial charge < -0.3 is 14.6 Å². The molecule has 0 atom stereocenters. The van der Waals surface area contributed by atoms with Crippen molar-refractivity contribution >= 4 is 35.0 Å². The van der Waals surface area contributed by atoms with Crippen LogP contribution in [0, 0.1) is 0 Å². The van der Waals surface area contributed by atoms with Crippen LogP contribution in [0.4, 0.5) is 4.79 Å². The van der Waals surface area contributed by atoms with Crippen LogP contribution in [-0.2, 0) is 9.59 Å². The van der Waals surface area contributed by atoms with E-state index in [-0.39, 0.29) is 10.7 Å². The molecule has 0 unspecified atom stereocenters. The topological polar surface area (TPSA) is 102 Å². The van der Waals surface area contributed by atoms with E-state index in [1.807, 2.05) is 0 Å². The summed E-state index contributed by atoms with van der Waals surface area (Å²) in [7, 11) is 0. The molecule has 1 heterocycles. The third-order valence-electron chi connectivity index (χ3n) is 2.58. The maximum atomic E-state index is 11.6. The zero-order valence-corrected chi connectivity index (χ0v) is 12.4. The van der Waals surface area contributed by atoms with Crippen LogP contribution in [0.25, 0.3) is 6.08 Å². The predicted octanol–water partition coefficient (Wildman–Crippen LogP) is 1.87. The average molecular weight is 323 g/mol. The molecule has 8 heteroatoms. The third-order valence-corrected chi connectivity index (χ3v) is 3.39. The van der Waals surface area contributed by atoms with E-state index < -0.39 is 23.7 Å². The van der Waals surface area contributed by atoms with Gasteiger partial charge in [-0.15, -0.1) is 0 Å². The number of thioether (sulfide) groups is 1. The maximum absolute atomic E-state index is 11.6. The van der Waals surface area contributed by atoms with Gasteiger partial charge in [0.2, 0.25) is 0 Å². The molecule has 0 bridgehead atoms. The molecule has 116 valence electrons. The van der Waals surface area contributed by atoms with Crippen LogP contribution in [0.5, 0.6) is 11.5 Å². The maximum Gasteiger partial charge on any atom is 0.341 e. The van der Waals surface area contributed by atoms with Crippen molar-refractivity contribution in [3.8, 4) is 11.5 Å². The predicted molar refractivity (Wildman–Crippen MR) is 79.8 cm³/mol. The summed E-state index contributed by atoms with van der Waals surface area (Å²) in [6, 6.07) is 4.96. The minimum Gasteiger partial charge on any atom is -0.490 e. The second kappa shape index (κ2) is 6.99. The summed E-state index contributed by atoms with van der Waals surface area (Å²) in [6.07, 6.45) is 1.46. The van der Waals surface area contributed by atoms with Crippen LogP contribution in [0.3, 0.4) is 0 Å². The van der Waals surface area contributed by atoms with E-state index in [0.717, 1.165) is 11.8 Å². The lowest BCUT2D eigenvalue weighted by molar-refractivity contribution is -0.139. The van der Waals surface area contributed by atoms with Crippen molar-refractivity contribution in [2.45, 2.75) is 6.92 Å². The van der Waals surface area contributed by atoms with Crippen molar-refractivity contribution in [1.29, 1.82) is 0 Å². The lowest BCUT2D eigenvalue weighted by atomic mass is 10.1. The van der Waals surface area contributed by atoms with Crippen LogP contribution in [0.1, 0.15) is 12.5 Å². The summed E-state index contributed by atoms with van der Waals surface area (Å²) in [5.74, 6) is -1.05. The number of carbonyl (C=O) groups is 3. The van der Waals surface area contributed by atoms with Gasteiger partial charge in [-0.3, -0.25) is 14.9 Å². The molecule has 7 nitrogen and oxygen atoms in total. The highest BCUT2D eigenvalue weighted by Gasteiger charge is 2.25. The number of carboxylic acids is 1. The van der Waals surface area contributed by atoms with Crippen LogP contribution in [-0.4, -0.2) is 35.4 Å². The molecule has 0 aliphatic carbocycles. The Morgan fingerprint density at radius 1 is 1.36 bits per heavy atom. The number of carboxylic acid groups (broad SMARTS) is 1. The Hall–Kier alpha value is -2.48. The van der Waals surface area contributed by atoms with Crippen molar-refractivity contribution < 1.29 is 29.0 Å². The van der Waals surface area contributed by atoms with E-state index in [1.54, 1.807) is 25.1 Å². The summed E-state index contributed by atoms with van der Waals surface area (Å²) in [6.45, 7) is 1.61. The number of nitrogens with one attached hydrogen (secondary N) is 1. The van der Waals surface area contributed by atoms with Gasteiger partial charge in [0.1, 0.15) is 0 Å². The number of rotatable bonds is 6. The van der Waals surface area contributed by atoms with Crippen molar-refractivity contribution in [3.05, 3.63) is 28.7 Å². The molecule has 1 aliphatic heterocycles. The Balaban J connectivity index is 2.38. The number of hydrogen-bond acceptors (Lipinski definition) is 6. The normalized spacial score (nSPS) is 15.8. The van der Waals surface area contributed by atoms with E-state index >= 15 is 0 Å². The monoisotopic (exact) mass is 323 g/mol. The van der Waals surface area contributed by atoms with E-state index in [2.05, 4.69) is 5.32 Å². The molecule has 1 saturated heterocycles. The highest BCUT2D eigenvalue weighted by atomic mass is 32.2. The smallest absolute Gasteiger partial charge is 0.341 e. The van der Waals surface area contributed by atoms with Crippen molar-refractivity contribution in [2.75, 3.05) is 13.2 Å². The van der Waals surface area contributed by atoms with Gasteiger partial charge in [0.25, 0.3) is 11.1 Å². The molecule has 0 aromatic heterocycles. The second-order valence-electron chi connectivity index (χ2n) is 4.14. The van der Waals surface area contributed by atoms with Gasteiger partial charge in [-0.05, 0) is 30.8 Å². The minimum absolute atomic E-state index is 0.207. The highest BCUT2D eigenvalue weighted by Crippen LogP contribution is 2.35. The lowest BCUT2D eigenvalue weighted by Crippen LogP contribution is -2.17. The van der Waals surface area contributed by atoms with Gasteiger partial charge in [-0.2, -0.15) is 0 Å². The van der Waals surface area contributed by atoms with E-state index in [1.165, 1.54) is 6.08 Å². The quantitative estimate of drug-likeness (QED) is 0.770. The van der Waals surface area contributed by atoms with Crippen molar-refractivity contribution in [2.24, 2.45) is 0 Å². The molecular formula is C14H13NO6S. The van der Waals surface area contributed by atoms with Crippen LogP contribution >= 0.6 is 11.8 Å². The molecule has 1 aromatic rings. The van der Waals surface area contributed by atoms with E-state index in [4.69, 9.17) is 14.6 Å². The van der Waals surface area contributed by atoms with Gasteiger partial charge in [-0.1, -0.05) is 12.1 Å². The zero-order chi connectivity index (χ0) is 16.1. The first kappa shape index (κ1) is 15.9. The minimum atomic E-state index is -1.13. The SMILES string of the molecule is CCOc1cccc(/C=C2\SC(=O)NC2=O)c1OCC(=O)O. The molecular weight excluding hydrogens is 310 g/mol. The number of ether oxygens (including phenoxy) is 2. The molecule has 2 amide bonds. The fourth-order valence-electron chi connectivity index (χ4n) is 1.77. The Labute approximate surface area is 130 Å². The zero-order valence-electron chi connectivity index (χ0n) is 11.6. The van der Waals surface area contributed by atoms with Gasteiger partial charge in [-0.25, -0.2) is 4.79 Å². The van der Waals surface area contributed by atoms with Crippen LogP contribution < -0.4 is 14.8 Å². The Morgan fingerprint density at radius 3 is 2.73 bits per heavy atom. The first-order valence-corrected chi connectivity index (χ1v) is 7.18. The fraction of sp³-hybridized carbons (Fsp3) is 0.214. The third kappa shape index (κ3) is 3.79. The molecule has 22 heavy (non-hydrogen) atoms. The summed E-state index contributed by atoms with van der Waals surface area (Å²) >= 11 is 0.770. The molecule has 0 saturated carbocycles. The second-order valence-corrected chi connectivity index (χ2v) is 5.16. The Bertz CT molecular complexity index is 655. The number of carbonyl (C=O) groups excluding carboxylic acids is 2. The Kier molecular flexibility index (Phi) is 5.05. The number of imide groups is 1. The first-order chi connectivity index (χ1) is 10.5. The summed E-state index contributed by atoms with van der Waals surface area (Å²) in [5.41, 5.74) is 0.458. The average Bonchev–Trinajstić information content (AvgIpc) is 2.76. The number of aliphatic carboxylic acids is 1. The summed E-state index contributed by atoms with van der Waals surface area (Å²) < 4.78 is 10.7. The first-order valence-electron chi connectivity index (χ1n) is 6.36. The number of para-hydroxylation sites is 1. The molecule has 2 N–H and O–H groups in total. The Morgan fingerprint density at radius 2 is 2.14 bits per heavy atom. The van der Waals surface area contributed by atoms with Gasteiger partial charge >= 0.3 is 5.97 Å². The molecule has 0 radical (unpaired) electrons. The molecule has 1 aromatic carbocycles. The summed E-state index contributed by atoms with van der Waals surface area (Å²) in [5, 5.41) is 10.4. The fourth-order valence-corrected chi connectivity index (χ4v) is 2.44. The standard InChI is InChI=1S/C14H13NO6S/c1-2-20-9-5-3-4-8(12(9)21-7-11(16)17)6-10-13(18)15-14(19)22-10/h3-6H,2,7H2,1H3,(H,16,17)(H,15,18,19)/b10-6-. The molecule has 0 spiro atoms. The van der Waals surface area contributed by atoms with Crippen LogP contribution in [0.15, 0.2) is 23.1 Å². The number of amides is 2.